The van der Waals surface area contributed by atoms with Gasteiger partial charge in [0.1, 0.15) is 35.6 Å². The Hall–Kier alpha value is -3.17. The number of anilines is 2. The summed E-state index contributed by atoms with van der Waals surface area (Å²) >= 11 is 5.91. The van der Waals surface area contributed by atoms with E-state index in [-0.39, 0.29) is 17.7 Å². The Kier molecular flexibility index (Phi) is 6.57. The molecule has 10 heteroatoms. The van der Waals surface area contributed by atoms with Gasteiger partial charge < -0.3 is 19.9 Å². The molecule has 0 amide bonds. The number of nitrogens with zero attached hydrogens (tertiary/aromatic N) is 3. The van der Waals surface area contributed by atoms with Crippen molar-refractivity contribution >= 4 is 40.0 Å². The second-order valence-electron chi connectivity index (χ2n) is 7.48. The number of ether oxygens (including phenoxy) is 2. The van der Waals surface area contributed by atoms with Gasteiger partial charge in [0, 0.05) is 30.9 Å². The molecule has 2 heterocycles. The highest BCUT2D eigenvalue weighted by atomic mass is 35.5. The predicted octanol–water partition coefficient (Wildman–Crippen LogP) is 4.10. The van der Waals surface area contributed by atoms with Crippen LogP contribution in [0.3, 0.4) is 0 Å². The third-order valence-electron chi connectivity index (χ3n) is 5.28. The molecule has 4 rings (SSSR count). The number of carboxylic acid groups (broad SMARTS) is 1. The molecule has 1 aliphatic heterocycles. The first-order valence-electron chi connectivity index (χ1n) is 10.1. The molecule has 0 atom stereocenters. The van der Waals surface area contributed by atoms with Crippen LogP contribution >= 0.6 is 11.6 Å². The highest BCUT2D eigenvalue weighted by Crippen LogP contribution is 2.37. The van der Waals surface area contributed by atoms with Crippen molar-refractivity contribution in [2.24, 2.45) is 0 Å². The average molecular weight is 461 g/mol. The number of benzene rings is 2. The lowest BCUT2D eigenvalue weighted by atomic mass is 10.1. The van der Waals surface area contributed by atoms with E-state index in [1.54, 1.807) is 25.3 Å². The lowest BCUT2D eigenvalue weighted by Crippen LogP contribution is -2.40. The fourth-order valence-electron chi connectivity index (χ4n) is 3.70. The number of fused-ring (bicyclic) bond motifs is 1. The predicted molar refractivity (Wildman–Crippen MR) is 119 cm³/mol. The van der Waals surface area contributed by atoms with Crippen LogP contribution in [0.2, 0.25) is 5.02 Å². The molecule has 2 aromatic carbocycles. The molecule has 0 saturated carbocycles. The third-order valence-corrected chi connectivity index (χ3v) is 5.57. The van der Waals surface area contributed by atoms with Crippen LogP contribution < -0.4 is 14.8 Å². The fraction of sp³-hybridized carbons (Fsp3) is 0.318. The Morgan fingerprint density at radius 2 is 2.06 bits per heavy atom. The standard InChI is InChI=1S/C22H22ClFN4O4/c1-31-15-9-18-21(19(10-15)32-14-4-6-28(7-5-14)11-20(29)30)22(26-12-25-18)27-13-2-3-17(24)16(23)8-13/h2-3,8-10,12,14H,4-7,11H2,1H3,(H,29,30)(H,25,26,27). The summed E-state index contributed by atoms with van der Waals surface area (Å²) in [5, 5.41) is 12.8. The summed E-state index contributed by atoms with van der Waals surface area (Å²) < 4.78 is 25.3. The molecule has 1 saturated heterocycles. The van der Waals surface area contributed by atoms with Crippen LogP contribution in [0.15, 0.2) is 36.7 Å². The molecule has 0 spiro atoms. The zero-order chi connectivity index (χ0) is 22.7. The maximum atomic E-state index is 13.5. The number of methoxy groups -OCH3 is 1. The van der Waals surface area contributed by atoms with Crippen molar-refractivity contribution in [2.75, 3.05) is 32.1 Å². The van der Waals surface area contributed by atoms with Gasteiger partial charge in [-0.1, -0.05) is 11.6 Å². The Labute approximate surface area is 188 Å². The zero-order valence-electron chi connectivity index (χ0n) is 17.3. The molecule has 1 fully saturated rings. The number of piperidine rings is 1. The minimum absolute atomic E-state index is 0.000347. The van der Waals surface area contributed by atoms with E-state index in [9.17, 15) is 9.18 Å². The number of hydrogen-bond donors (Lipinski definition) is 2. The van der Waals surface area contributed by atoms with E-state index >= 15 is 0 Å². The summed E-state index contributed by atoms with van der Waals surface area (Å²) in [6.07, 6.45) is 2.71. The van der Waals surface area contributed by atoms with Gasteiger partial charge in [-0.25, -0.2) is 14.4 Å². The van der Waals surface area contributed by atoms with E-state index in [1.807, 2.05) is 4.90 Å². The van der Waals surface area contributed by atoms with Gasteiger partial charge in [-0.2, -0.15) is 0 Å². The van der Waals surface area contributed by atoms with Crippen molar-refractivity contribution in [1.29, 1.82) is 0 Å². The number of nitrogens with one attached hydrogen (secondary N) is 1. The SMILES string of the molecule is COc1cc(OC2CCN(CC(=O)O)CC2)c2c(Nc3ccc(F)c(Cl)c3)ncnc2c1. The van der Waals surface area contributed by atoms with Crippen LogP contribution in [0.1, 0.15) is 12.8 Å². The van der Waals surface area contributed by atoms with Crippen LogP contribution in [-0.2, 0) is 4.79 Å². The normalized spacial score (nSPS) is 15.0. The van der Waals surface area contributed by atoms with Gasteiger partial charge in [-0.05, 0) is 31.0 Å². The van der Waals surface area contributed by atoms with Crippen molar-refractivity contribution in [3.05, 3.63) is 47.5 Å². The minimum Gasteiger partial charge on any atom is -0.497 e. The molecule has 32 heavy (non-hydrogen) atoms. The molecule has 8 nitrogen and oxygen atoms in total. The smallest absolute Gasteiger partial charge is 0.317 e. The van der Waals surface area contributed by atoms with Gasteiger partial charge in [0.15, 0.2) is 0 Å². The molecule has 2 N–H and O–H groups in total. The van der Waals surface area contributed by atoms with Crippen molar-refractivity contribution in [3.63, 3.8) is 0 Å². The van der Waals surface area contributed by atoms with Crippen molar-refractivity contribution < 1.29 is 23.8 Å². The Balaban J connectivity index is 1.63. The van der Waals surface area contributed by atoms with Crippen molar-refractivity contribution in [3.8, 4) is 11.5 Å². The molecular weight excluding hydrogens is 439 g/mol. The minimum atomic E-state index is -0.836. The number of aliphatic carboxylic acids is 1. The molecular formula is C22H22ClFN4O4. The third kappa shape index (κ3) is 5.00. The van der Waals surface area contributed by atoms with Crippen LogP contribution in [0.5, 0.6) is 11.5 Å². The highest BCUT2D eigenvalue weighted by Gasteiger charge is 2.24. The highest BCUT2D eigenvalue weighted by molar-refractivity contribution is 6.31. The van der Waals surface area contributed by atoms with Crippen LogP contribution in [0.4, 0.5) is 15.9 Å². The molecule has 0 bridgehead atoms. The molecule has 0 radical (unpaired) electrons. The summed E-state index contributed by atoms with van der Waals surface area (Å²) in [6.45, 7) is 1.29. The average Bonchev–Trinajstić information content (AvgIpc) is 2.77. The van der Waals surface area contributed by atoms with Gasteiger partial charge in [0.25, 0.3) is 0 Å². The van der Waals surface area contributed by atoms with E-state index in [0.717, 1.165) is 0 Å². The Morgan fingerprint density at radius 1 is 1.28 bits per heavy atom. The zero-order valence-corrected chi connectivity index (χ0v) is 18.1. The van der Waals surface area contributed by atoms with Crippen LogP contribution in [-0.4, -0.2) is 58.8 Å². The summed E-state index contributed by atoms with van der Waals surface area (Å²) in [5.41, 5.74) is 1.19. The Morgan fingerprint density at radius 3 is 2.75 bits per heavy atom. The van der Waals surface area contributed by atoms with E-state index in [4.69, 9.17) is 26.2 Å². The molecule has 168 valence electrons. The molecule has 1 aromatic heterocycles. The molecule has 1 aliphatic rings. The number of carboxylic acids is 1. The monoisotopic (exact) mass is 460 g/mol. The molecule has 3 aromatic rings. The van der Waals surface area contributed by atoms with Gasteiger partial charge in [-0.15, -0.1) is 0 Å². The Bertz CT molecular complexity index is 1140. The number of halogens is 2. The summed E-state index contributed by atoms with van der Waals surface area (Å²) in [5.74, 6) is 0.279. The first-order chi connectivity index (χ1) is 15.4. The topological polar surface area (TPSA) is 96.8 Å². The first kappa shape index (κ1) is 22.0. The van der Waals surface area contributed by atoms with Crippen molar-refractivity contribution in [2.45, 2.75) is 18.9 Å². The van der Waals surface area contributed by atoms with E-state index in [1.165, 1.54) is 18.5 Å². The molecule has 0 unspecified atom stereocenters. The summed E-state index contributed by atoms with van der Waals surface area (Å²) in [6, 6.07) is 7.88. The lowest BCUT2D eigenvalue weighted by molar-refractivity contribution is -0.138. The summed E-state index contributed by atoms with van der Waals surface area (Å²) in [7, 11) is 1.57. The lowest BCUT2D eigenvalue weighted by Gasteiger charge is -2.31. The fourth-order valence-corrected chi connectivity index (χ4v) is 3.88. The summed E-state index contributed by atoms with van der Waals surface area (Å²) in [4.78, 5) is 21.5. The molecule has 0 aliphatic carbocycles. The van der Waals surface area contributed by atoms with Gasteiger partial charge >= 0.3 is 5.97 Å². The maximum absolute atomic E-state index is 13.5. The number of hydrogen-bond acceptors (Lipinski definition) is 7. The van der Waals surface area contributed by atoms with E-state index in [2.05, 4.69) is 15.3 Å². The second kappa shape index (κ2) is 9.54. The van der Waals surface area contributed by atoms with E-state index in [0.29, 0.717) is 59.8 Å². The number of rotatable bonds is 7. The van der Waals surface area contributed by atoms with E-state index < -0.39 is 11.8 Å². The van der Waals surface area contributed by atoms with Gasteiger partial charge in [-0.3, -0.25) is 9.69 Å². The van der Waals surface area contributed by atoms with Crippen LogP contribution in [0, 0.1) is 5.82 Å². The first-order valence-corrected chi connectivity index (χ1v) is 10.5. The van der Waals surface area contributed by atoms with Crippen LogP contribution in [0.25, 0.3) is 10.9 Å². The largest absolute Gasteiger partial charge is 0.497 e. The second-order valence-corrected chi connectivity index (χ2v) is 7.89. The van der Waals surface area contributed by atoms with Gasteiger partial charge in [0.2, 0.25) is 0 Å². The quantitative estimate of drug-likeness (QED) is 0.544. The number of carbonyl (C=O) groups is 1. The van der Waals surface area contributed by atoms with Gasteiger partial charge in [0.05, 0.1) is 29.6 Å². The van der Waals surface area contributed by atoms with Crippen molar-refractivity contribution in [1.82, 2.24) is 14.9 Å². The maximum Gasteiger partial charge on any atom is 0.317 e. The number of likely N-dealkylation sites (tertiary alicyclic amines) is 1. The number of aromatic nitrogens is 2.